The molecule has 0 fully saturated rings. The summed E-state index contributed by atoms with van der Waals surface area (Å²) in [7, 11) is 0. The summed E-state index contributed by atoms with van der Waals surface area (Å²) in [6.07, 6.45) is -4.41. The van der Waals surface area contributed by atoms with E-state index in [1.165, 1.54) is 12.1 Å². The number of anilines is 1. The van der Waals surface area contributed by atoms with E-state index >= 15 is 0 Å². The van der Waals surface area contributed by atoms with E-state index in [2.05, 4.69) is 5.32 Å². The molecule has 1 aromatic rings. The third-order valence-corrected chi connectivity index (χ3v) is 1.84. The zero-order valence-electron chi connectivity index (χ0n) is 7.44. The minimum atomic E-state index is -4.41. The molecule has 0 aliphatic rings. The summed E-state index contributed by atoms with van der Waals surface area (Å²) in [5.74, 6) is -0.841. The molecule has 0 radical (unpaired) electrons. The van der Waals surface area contributed by atoms with Gasteiger partial charge in [0, 0.05) is 5.69 Å². The van der Waals surface area contributed by atoms with Crippen LogP contribution in [0, 0.1) is 0 Å². The van der Waals surface area contributed by atoms with Crippen LogP contribution in [0.3, 0.4) is 0 Å². The van der Waals surface area contributed by atoms with Crippen molar-refractivity contribution in [3.8, 4) is 0 Å². The fourth-order valence-corrected chi connectivity index (χ4v) is 1.03. The summed E-state index contributed by atoms with van der Waals surface area (Å²) < 4.78 is 36.7. The van der Waals surface area contributed by atoms with Crippen molar-refractivity contribution in [1.82, 2.24) is 0 Å². The molecule has 15 heavy (non-hydrogen) atoms. The smallest absolute Gasteiger partial charge is 0.325 e. The Kier molecular flexibility index (Phi) is 3.57. The van der Waals surface area contributed by atoms with Crippen molar-refractivity contribution in [1.29, 1.82) is 0 Å². The lowest BCUT2D eigenvalue weighted by molar-refractivity contribution is -0.137. The number of alkyl halides is 4. The van der Waals surface area contributed by atoms with Gasteiger partial charge < -0.3 is 5.32 Å². The SMILES string of the molecule is O=C(CCl)Nc1cccc(C(F)(F)F)c1. The van der Waals surface area contributed by atoms with E-state index in [0.29, 0.717) is 0 Å². The minimum absolute atomic E-state index is 0.0791. The number of benzene rings is 1. The van der Waals surface area contributed by atoms with Gasteiger partial charge in [-0.25, -0.2) is 0 Å². The predicted octanol–water partition coefficient (Wildman–Crippen LogP) is 2.88. The Morgan fingerprint density at radius 3 is 2.60 bits per heavy atom. The molecular weight excluding hydrogens is 231 g/mol. The van der Waals surface area contributed by atoms with Gasteiger partial charge in [0.2, 0.25) is 5.91 Å². The lowest BCUT2D eigenvalue weighted by Gasteiger charge is -2.08. The minimum Gasteiger partial charge on any atom is -0.325 e. The topological polar surface area (TPSA) is 29.1 Å². The molecule has 0 heterocycles. The van der Waals surface area contributed by atoms with Gasteiger partial charge in [-0.3, -0.25) is 4.79 Å². The summed E-state index contributed by atoms with van der Waals surface area (Å²) >= 11 is 5.20. The van der Waals surface area contributed by atoms with Gasteiger partial charge in [-0.1, -0.05) is 6.07 Å². The third-order valence-electron chi connectivity index (χ3n) is 1.60. The highest BCUT2D eigenvalue weighted by Crippen LogP contribution is 2.30. The Morgan fingerprint density at radius 1 is 1.40 bits per heavy atom. The van der Waals surface area contributed by atoms with Crippen LogP contribution in [0.1, 0.15) is 5.56 Å². The number of hydrogen-bond acceptors (Lipinski definition) is 1. The van der Waals surface area contributed by atoms with Crippen LogP contribution in [0.5, 0.6) is 0 Å². The Balaban J connectivity index is 2.88. The van der Waals surface area contributed by atoms with Crippen LogP contribution in [0.25, 0.3) is 0 Å². The van der Waals surface area contributed by atoms with Crippen LogP contribution in [0.4, 0.5) is 18.9 Å². The number of carbonyl (C=O) groups excluding carboxylic acids is 1. The summed E-state index contributed by atoms with van der Waals surface area (Å²) in [5.41, 5.74) is -0.731. The van der Waals surface area contributed by atoms with Gasteiger partial charge >= 0.3 is 6.18 Å². The lowest BCUT2D eigenvalue weighted by atomic mass is 10.2. The van der Waals surface area contributed by atoms with Crippen molar-refractivity contribution in [3.63, 3.8) is 0 Å². The van der Waals surface area contributed by atoms with Gasteiger partial charge in [0.15, 0.2) is 0 Å². The second-order valence-electron chi connectivity index (χ2n) is 2.76. The van der Waals surface area contributed by atoms with E-state index in [0.717, 1.165) is 12.1 Å². The number of carbonyl (C=O) groups is 1. The number of halogens is 4. The number of hydrogen-bond donors (Lipinski definition) is 1. The largest absolute Gasteiger partial charge is 0.416 e. The normalized spacial score (nSPS) is 11.2. The maximum Gasteiger partial charge on any atom is 0.416 e. The average molecular weight is 238 g/mol. The second kappa shape index (κ2) is 4.53. The van der Waals surface area contributed by atoms with Crippen molar-refractivity contribution < 1.29 is 18.0 Å². The molecule has 0 saturated carbocycles. The molecule has 2 nitrogen and oxygen atoms in total. The summed E-state index contributed by atoms with van der Waals surface area (Å²) in [4.78, 5) is 10.8. The Hall–Kier alpha value is -1.23. The number of amides is 1. The highest BCUT2D eigenvalue weighted by atomic mass is 35.5. The summed E-state index contributed by atoms with van der Waals surface area (Å²) in [5, 5.41) is 2.23. The van der Waals surface area contributed by atoms with Gasteiger partial charge in [-0.2, -0.15) is 13.2 Å². The molecule has 0 bridgehead atoms. The first-order chi connectivity index (χ1) is 6.93. The van der Waals surface area contributed by atoms with Crippen molar-refractivity contribution >= 4 is 23.2 Å². The Morgan fingerprint density at radius 2 is 2.07 bits per heavy atom. The van der Waals surface area contributed by atoms with Gasteiger partial charge in [-0.15, -0.1) is 11.6 Å². The van der Waals surface area contributed by atoms with E-state index in [4.69, 9.17) is 11.6 Å². The van der Waals surface area contributed by atoms with E-state index in [1.807, 2.05) is 0 Å². The van der Waals surface area contributed by atoms with Crippen LogP contribution < -0.4 is 5.32 Å². The molecular formula is C9H7ClF3NO. The summed E-state index contributed by atoms with van der Waals surface area (Å²) in [6, 6.07) is 4.35. The number of rotatable bonds is 2. The molecule has 1 amide bonds. The molecule has 1 aromatic carbocycles. The standard InChI is InChI=1S/C9H7ClF3NO/c10-5-8(15)14-7-3-1-2-6(4-7)9(11,12)13/h1-4H,5H2,(H,14,15). The molecule has 1 N–H and O–H groups in total. The van der Waals surface area contributed by atoms with Gasteiger partial charge in [0.05, 0.1) is 5.56 Å². The molecule has 0 unspecified atom stereocenters. The van der Waals surface area contributed by atoms with Crippen molar-refractivity contribution in [2.75, 3.05) is 11.2 Å². The first-order valence-electron chi connectivity index (χ1n) is 3.96. The molecule has 0 saturated heterocycles. The monoisotopic (exact) mass is 237 g/mol. The maximum absolute atomic E-state index is 12.2. The maximum atomic E-state index is 12.2. The quantitative estimate of drug-likeness (QED) is 0.788. The van der Waals surface area contributed by atoms with Crippen LogP contribution >= 0.6 is 11.6 Å². The van der Waals surface area contributed by atoms with Crippen molar-refractivity contribution in [3.05, 3.63) is 29.8 Å². The molecule has 82 valence electrons. The molecule has 0 atom stereocenters. The van der Waals surface area contributed by atoms with E-state index in [1.54, 1.807) is 0 Å². The first-order valence-corrected chi connectivity index (χ1v) is 4.50. The predicted molar refractivity (Wildman–Crippen MR) is 50.8 cm³/mol. The average Bonchev–Trinajstić information content (AvgIpc) is 2.17. The lowest BCUT2D eigenvalue weighted by Crippen LogP contribution is -2.13. The van der Waals surface area contributed by atoms with Crippen LogP contribution in [0.2, 0.25) is 0 Å². The van der Waals surface area contributed by atoms with E-state index in [-0.39, 0.29) is 11.6 Å². The molecule has 0 aliphatic heterocycles. The fourth-order valence-electron chi connectivity index (χ4n) is 0.968. The molecule has 0 aromatic heterocycles. The molecule has 0 aliphatic carbocycles. The van der Waals surface area contributed by atoms with E-state index < -0.39 is 17.6 Å². The number of nitrogens with one attached hydrogen (secondary N) is 1. The van der Waals surface area contributed by atoms with Crippen molar-refractivity contribution in [2.45, 2.75) is 6.18 Å². The molecule has 1 rings (SSSR count). The van der Waals surface area contributed by atoms with Crippen LogP contribution in [0.15, 0.2) is 24.3 Å². The summed E-state index contributed by atoms with van der Waals surface area (Å²) in [6.45, 7) is 0. The molecule has 6 heteroatoms. The Labute approximate surface area is 89.0 Å². The van der Waals surface area contributed by atoms with Gasteiger partial charge in [0.1, 0.15) is 5.88 Å². The van der Waals surface area contributed by atoms with Crippen molar-refractivity contribution in [2.24, 2.45) is 0 Å². The highest BCUT2D eigenvalue weighted by Gasteiger charge is 2.30. The Bertz CT molecular complexity index is 365. The first kappa shape index (κ1) is 11.8. The van der Waals surface area contributed by atoms with Crippen LogP contribution in [-0.2, 0) is 11.0 Å². The van der Waals surface area contributed by atoms with Gasteiger partial charge in [-0.05, 0) is 18.2 Å². The zero-order valence-corrected chi connectivity index (χ0v) is 8.19. The highest BCUT2D eigenvalue weighted by molar-refractivity contribution is 6.29. The fraction of sp³-hybridized carbons (Fsp3) is 0.222. The molecule has 0 spiro atoms. The van der Waals surface area contributed by atoms with E-state index in [9.17, 15) is 18.0 Å². The van der Waals surface area contributed by atoms with Crippen LogP contribution in [-0.4, -0.2) is 11.8 Å². The third kappa shape index (κ3) is 3.43. The zero-order chi connectivity index (χ0) is 11.5. The second-order valence-corrected chi connectivity index (χ2v) is 3.03. The van der Waals surface area contributed by atoms with Gasteiger partial charge in [0.25, 0.3) is 0 Å².